The van der Waals surface area contributed by atoms with E-state index in [0.29, 0.717) is 12.4 Å². The summed E-state index contributed by atoms with van der Waals surface area (Å²) in [5.74, 6) is 1.48. The van der Waals surface area contributed by atoms with Crippen molar-refractivity contribution < 1.29 is 5.11 Å². The number of aliphatic hydroxyl groups excluding tert-OH is 1. The van der Waals surface area contributed by atoms with E-state index >= 15 is 0 Å². The highest BCUT2D eigenvalue weighted by molar-refractivity contribution is 5.88. The molecule has 7 heteroatoms. The van der Waals surface area contributed by atoms with Gasteiger partial charge in [-0.1, -0.05) is 0 Å². The fourth-order valence-corrected chi connectivity index (χ4v) is 2.81. The third-order valence-electron chi connectivity index (χ3n) is 3.97. The van der Waals surface area contributed by atoms with Crippen LogP contribution >= 0.6 is 0 Å². The van der Waals surface area contributed by atoms with E-state index in [4.69, 9.17) is 4.98 Å². The zero-order valence-corrected chi connectivity index (χ0v) is 12.2. The average molecular weight is 296 g/mol. The third kappa shape index (κ3) is 2.10. The van der Waals surface area contributed by atoms with Gasteiger partial charge in [0.2, 0.25) is 0 Å². The van der Waals surface area contributed by atoms with E-state index in [1.807, 2.05) is 19.2 Å². The second-order valence-electron chi connectivity index (χ2n) is 5.50. The Bertz CT molecular complexity index is 816. The van der Waals surface area contributed by atoms with Crippen molar-refractivity contribution in [1.29, 1.82) is 0 Å². The summed E-state index contributed by atoms with van der Waals surface area (Å²) in [6, 6.07) is 3.78. The monoisotopic (exact) mass is 296 g/mol. The largest absolute Gasteiger partial charge is 0.391 e. The van der Waals surface area contributed by atoms with Gasteiger partial charge in [-0.15, -0.1) is 0 Å². The van der Waals surface area contributed by atoms with Gasteiger partial charge in [0.05, 0.1) is 17.7 Å². The number of aromatic nitrogens is 5. The lowest BCUT2D eigenvalue weighted by molar-refractivity contribution is 0.198. The van der Waals surface area contributed by atoms with Gasteiger partial charge < -0.3 is 10.0 Å². The molecule has 0 aliphatic carbocycles. The van der Waals surface area contributed by atoms with Gasteiger partial charge in [-0.3, -0.25) is 9.67 Å². The molecule has 0 spiro atoms. The van der Waals surface area contributed by atoms with Gasteiger partial charge in [0.1, 0.15) is 5.82 Å². The van der Waals surface area contributed by atoms with Crippen molar-refractivity contribution in [3.63, 3.8) is 0 Å². The lowest BCUT2D eigenvalue weighted by atomic mass is 10.2. The normalized spacial score (nSPS) is 18.3. The molecule has 0 radical (unpaired) electrons. The molecule has 1 fully saturated rings. The molecule has 4 rings (SSSR count). The molecule has 1 atom stereocenters. The van der Waals surface area contributed by atoms with Crippen LogP contribution in [0.2, 0.25) is 0 Å². The second-order valence-corrected chi connectivity index (χ2v) is 5.50. The molecule has 7 nitrogen and oxygen atoms in total. The van der Waals surface area contributed by atoms with Crippen molar-refractivity contribution >= 4 is 16.9 Å². The SMILES string of the molecule is Cn1ncc2c(N3CC[C@H](O)C3)nc(-c3ccncc3)nc21. The van der Waals surface area contributed by atoms with E-state index in [2.05, 4.69) is 20.0 Å². The smallest absolute Gasteiger partial charge is 0.164 e. The molecule has 3 aromatic heterocycles. The van der Waals surface area contributed by atoms with Gasteiger partial charge >= 0.3 is 0 Å². The molecular weight excluding hydrogens is 280 g/mol. The van der Waals surface area contributed by atoms with Crippen molar-refractivity contribution in [3.05, 3.63) is 30.7 Å². The van der Waals surface area contributed by atoms with Crippen LogP contribution in [0.15, 0.2) is 30.7 Å². The molecule has 0 saturated carbocycles. The van der Waals surface area contributed by atoms with Crippen LogP contribution in [0, 0.1) is 0 Å². The molecule has 112 valence electrons. The number of rotatable bonds is 2. The van der Waals surface area contributed by atoms with Crippen LogP contribution in [0.5, 0.6) is 0 Å². The fourth-order valence-electron chi connectivity index (χ4n) is 2.81. The number of aliphatic hydroxyl groups is 1. The van der Waals surface area contributed by atoms with Crippen LogP contribution in [-0.4, -0.2) is 49.0 Å². The summed E-state index contributed by atoms with van der Waals surface area (Å²) in [4.78, 5) is 15.5. The van der Waals surface area contributed by atoms with Crippen LogP contribution in [0.25, 0.3) is 22.4 Å². The Morgan fingerprint density at radius 1 is 1.23 bits per heavy atom. The van der Waals surface area contributed by atoms with Gasteiger partial charge in [-0.2, -0.15) is 5.10 Å². The van der Waals surface area contributed by atoms with Gasteiger partial charge in [0.25, 0.3) is 0 Å². The number of β-amino-alcohol motifs (C(OH)–C–C–N with tert-alkyl or cyclic N) is 1. The maximum absolute atomic E-state index is 9.81. The van der Waals surface area contributed by atoms with Gasteiger partial charge in [-0.05, 0) is 18.6 Å². The van der Waals surface area contributed by atoms with E-state index in [0.717, 1.165) is 35.4 Å². The summed E-state index contributed by atoms with van der Waals surface area (Å²) in [5.41, 5.74) is 1.71. The molecule has 0 bridgehead atoms. The predicted molar refractivity (Wildman–Crippen MR) is 82.4 cm³/mol. The number of aryl methyl sites for hydroxylation is 1. The molecular formula is C15H16N6O. The van der Waals surface area contributed by atoms with Crippen LogP contribution in [0.3, 0.4) is 0 Å². The van der Waals surface area contributed by atoms with E-state index in [-0.39, 0.29) is 6.10 Å². The van der Waals surface area contributed by atoms with Crippen molar-refractivity contribution in [1.82, 2.24) is 24.7 Å². The summed E-state index contributed by atoms with van der Waals surface area (Å²) in [7, 11) is 1.87. The van der Waals surface area contributed by atoms with Crippen molar-refractivity contribution in [2.45, 2.75) is 12.5 Å². The molecule has 1 saturated heterocycles. The van der Waals surface area contributed by atoms with Crippen LogP contribution < -0.4 is 4.90 Å². The molecule has 3 aromatic rings. The van der Waals surface area contributed by atoms with Crippen LogP contribution in [-0.2, 0) is 7.05 Å². The molecule has 1 aliphatic heterocycles. The van der Waals surface area contributed by atoms with Crippen molar-refractivity contribution in [2.24, 2.45) is 7.05 Å². The van der Waals surface area contributed by atoms with Crippen molar-refractivity contribution in [3.8, 4) is 11.4 Å². The Balaban J connectivity index is 1.91. The number of fused-ring (bicyclic) bond motifs is 1. The summed E-state index contributed by atoms with van der Waals surface area (Å²) < 4.78 is 1.75. The van der Waals surface area contributed by atoms with Gasteiger partial charge in [0, 0.05) is 38.1 Å². The summed E-state index contributed by atoms with van der Waals surface area (Å²) >= 11 is 0. The quantitative estimate of drug-likeness (QED) is 0.760. The van der Waals surface area contributed by atoms with Crippen LogP contribution in [0.4, 0.5) is 5.82 Å². The average Bonchev–Trinajstić information content (AvgIpc) is 3.14. The molecule has 1 N–H and O–H groups in total. The first-order chi connectivity index (χ1) is 10.7. The highest BCUT2D eigenvalue weighted by Gasteiger charge is 2.25. The molecule has 0 unspecified atom stereocenters. The molecule has 4 heterocycles. The lowest BCUT2D eigenvalue weighted by Gasteiger charge is -2.18. The first-order valence-electron chi connectivity index (χ1n) is 7.25. The van der Waals surface area contributed by atoms with E-state index in [9.17, 15) is 5.11 Å². The minimum absolute atomic E-state index is 0.300. The standard InChI is InChI=1S/C15H16N6O/c1-20-14-12(8-17-20)15(21-7-4-11(22)9-21)19-13(18-14)10-2-5-16-6-3-10/h2-3,5-6,8,11,22H,4,7,9H2,1H3/t11-/m0/s1. The minimum atomic E-state index is -0.300. The number of hydrogen-bond donors (Lipinski definition) is 1. The van der Waals surface area contributed by atoms with Gasteiger partial charge in [-0.25, -0.2) is 9.97 Å². The number of pyridine rings is 1. The van der Waals surface area contributed by atoms with Gasteiger partial charge in [0.15, 0.2) is 11.5 Å². The molecule has 0 amide bonds. The number of anilines is 1. The lowest BCUT2D eigenvalue weighted by Crippen LogP contribution is -2.22. The summed E-state index contributed by atoms with van der Waals surface area (Å²) in [6.07, 6.45) is 5.70. The second kappa shape index (κ2) is 5.03. The summed E-state index contributed by atoms with van der Waals surface area (Å²) in [5, 5.41) is 15.0. The van der Waals surface area contributed by atoms with E-state index in [1.54, 1.807) is 23.3 Å². The maximum Gasteiger partial charge on any atom is 0.164 e. The zero-order valence-electron chi connectivity index (χ0n) is 12.2. The van der Waals surface area contributed by atoms with E-state index < -0.39 is 0 Å². The first kappa shape index (κ1) is 13.1. The minimum Gasteiger partial charge on any atom is -0.391 e. The Morgan fingerprint density at radius 3 is 2.77 bits per heavy atom. The topological polar surface area (TPSA) is 80.0 Å². The van der Waals surface area contributed by atoms with E-state index in [1.165, 1.54) is 0 Å². The molecule has 1 aliphatic rings. The Hall–Kier alpha value is -2.54. The third-order valence-corrected chi connectivity index (χ3v) is 3.97. The Morgan fingerprint density at radius 2 is 2.05 bits per heavy atom. The predicted octanol–water partition coefficient (Wildman–Crippen LogP) is 0.996. The highest BCUT2D eigenvalue weighted by Crippen LogP contribution is 2.29. The highest BCUT2D eigenvalue weighted by atomic mass is 16.3. The number of nitrogens with zero attached hydrogens (tertiary/aromatic N) is 6. The Kier molecular flexibility index (Phi) is 3.00. The number of hydrogen-bond acceptors (Lipinski definition) is 6. The maximum atomic E-state index is 9.81. The Labute approximate surface area is 127 Å². The zero-order chi connectivity index (χ0) is 15.1. The fraction of sp³-hybridized carbons (Fsp3) is 0.333. The molecule has 0 aromatic carbocycles. The molecule has 22 heavy (non-hydrogen) atoms. The van der Waals surface area contributed by atoms with Crippen LogP contribution in [0.1, 0.15) is 6.42 Å². The first-order valence-corrected chi connectivity index (χ1v) is 7.25. The summed E-state index contributed by atoms with van der Waals surface area (Å²) in [6.45, 7) is 1.38. The van der Waals surface area contributed by atoms with Crippen molar-refractivity contribution in [2.75, 3.05) is 18.0 Å².